The molecule has 0 aliphatic rings. The van der Waals surface area contributed by atoms with Crippen LogP contribution in [-0.2, 0) is 6.54 Å². The molecule has 0 fully saturated rings. The quantitative estimate of drug-likeness (QED) is 0.710. The van der Waals surface area contributed by atoms with Gasteiger partial charge in [0.2, 0.25) is 0 Å². The van der Waals surface area contributed by atoms with Gasteiger partial charge in [-0.2, -0.15) is 14.6 Å². The highest BCUT2D eigenvalue weighted by Gasteiger charge is 2.13. The Balaban J connectivity index is 2.31. The Morgan fingerprint density at radius 1 is 1.21 bits per heavy atom. The molecule has 0 bridgehead atoms. The predicted molar refractivity (Wildman–Crippen MR) is 67.6 cm³/mol. The highest BCUT2D eigenvalue weighted by atomic mass is 16.3. The maximum Gasteiger partial charge on any atom is 0.302 e. The molecule has 0 saturated carbocycles. The van der Waals surface area contributed by atoms with Gasteiger partial charge in [-0.1, -0.05) is 30.3 Å². The average molecular weight is 257 g/mol. The first-order valence-electron chi connectivity index (χ1n) is 5.78. The lowest BCUT2D eigenvalue weighted by molar-refractivity contribution is 0.269. The molecule has 3 aromatic rings. The third-order valence-electron chi connectivity index (χ3n) is 2.74. The van der Waals surface area contributed by atoms with Crippen LogP contribution in [-0.4, -0.2) is 36.1 Å². The molecule has 2 aromatic heterocycles. The zero-order valence-corrected chi connectivity index (χ0v) is 9.97. The zero-order valence-electron chi connectivity index (χ0n) is 9.97. The number of nitrogens with zero attached hydrogens (tertiary/aromatic N) is 5. The van der Waals surface area contributed by atoms with Crippen molar-refractivity contribution < 1.29 is 5.11 Å². The summed E-state index contributed by atoms with van der Waals surface area (Å²) in [4.78, 5) is 16.2. The highest BCUT2D eigenvalue weighted by molar-refractivity contribution is 5.57. The molecule has 0 saturated heterocycles. The first-order valence-corrected chi connectivity index (χ1v) is 5.78. The molecule has 1 N–H and O–H groups in total. The monoisotopic (exact) mass is 257 g/mol. The van der Waals surface area contributed by atoms with Crippen molar-refractivity contribution in [2.75, 3.05) is 6.61 Å². The number of hydrogen-bond donors (Lipinski definition) is 1. The number of aromatic nitrogens is 5. The van der Waals surface area contributed by atoms with Crippen LogP contribution in [0.4, 0.5) is 0 Å². The summed E-state index contributed by atoms with van der Waals surface area (Å²) in [6.07, 6.45) is 1.29. The first-order chi connectivity index (χ1) is 9.31. The summed E-state index contributed by atoms with van der Waals surface area (Å²) >= 11 is 0. The van der Waals surface area contributed by atoms with E-state index in [2.05, 4.69) is 15.2 Å². The van der Waals surface area contributed by atoms with Crippen LogP contribution in [0.3, 0.4) is 0 Å². The van der Waals surface area contributed by atoms with E-state index in [4.69, 9.17) is 5.11 Å². The van der Waals surface area contributed by atoms with Crippen LogP contribution >= 0.6 is 0 Å². The van der Waals surface area contributed by atoms with Crippen molar-refractivity contribution in [1.82, 2.24) is 24.4 Å². The van der Waals surface area contributed by atoms with Crippen molar-refractivity contribution in [1.29, 1.82) is 0 Å². The van der Waals surface area contributed by atoms with Crippen molar-refractivity contribution in [3.05, 3.63) is 47.0 Å². The van der Waals surface area contributed by atoms with Crippen LogP contribution in [0.5, 0.6) is 0 Å². The summed E-state index contributed by atoms with van der Waals surface area (Å²) in [5, 5.41) is 17.2. The van der Waals surface area contributed by atoms with Gasteiger partial charge in [0.25, 0.3) is 5.78 Å². The normalized spacial score (nSPS) is 11.0. The maximum atomic E-state index is 12.3. The van der Waals surface area contributed by atoms with Gasteiger partial charge in [-0.25, -0.2) is 4.68 Å². The standard InChI is InChI=1S/C12H11N5O2/c18-7-6-16-12-13-8-14-17(12)11(19)10(15-16)9-4-2-1-3-5-9/h1-5,8,18H,6-7H2. The molecule has 0 aliphatic heterocycles. The molecule has 96 valence electrons. The van der Waals surface area contributed by atoms with Gasteiger partial charge in [-0.05, 0) is 0 Å². The molecule has 2 heterocycles. The summed E-state index contributed by atoms with van der Waals surface area (Å²) in [5.74, 6) is 0.318. The Morgan fingerprint density at radius 3 is 2.74 bits per heavy atom. The molecular weight excluding hydrogens is 246 g/mol. The third-order valence-corrected chi connectivity index (χ3v) is 2.74. The second kappa shape index (κ2) is 4.62. The van der Waals surface area contributed by atoms with Crippen molar-refractivity contribution in [3.8, 4) is 11.3 Å². The number of fused-ring (bicyclic) bond motifs is 1. The van der Waals surface area contributed by atoms with Crippen molar-refractivity contribution in [2.45, 2.75) is 6.54 Å². The van der Waals surface area contributed by atoms with Crippen molar-refractivity contribution >= 4 is 5.78 Å². The van der Waals surface area contributed by atoms with Gasteiger partial charge in [0.1, 0.15) is 6.33 Å². The Kier molecular flexibility index (Phi) is 2.81. The second-order valence-corrected chi connectivity index (χ2v) is 3.94. The fraction of sp³-hybridized carbons (Fsp3) is 0.167. The van der Waals surface area contributed by atoms with Crippen molar-refractivity contribution in [3.63, 3.8) is 0 Å². The SMILES string of the molecule is O=c1c(-c2ccccc2)nn(CCO)c2ncnn12. The fourth-order valence-electron chi connectivity index (χ4n) is 1.89. The number of aliphatic hydroxyl groups is 1. The van der Waals surface area contributed by atoms with Crippen molar-refractivity contribution in [2.24, 2.45) is 0 Å². The lowest BCUT2D eigenvalue weighted by Gasteiger charge is -2.07. The average Bonchev–Trinajstić information content (AvgIpc) is 2.93. The topological polar surface area (TPSA) is 85.3 Å². The molecule has 7 nitrogen and oxygen atoms in total. The molecule has 7 heteroatoms. The Bertz CT molecular complexity index is 763. The number of hydrogen-bond acceptors (Lipinski definition) is 5. The largest absolute Gasteiger partial charge is 0.394 e. The minimum absolute atomic E-state index is 0.0907. The zero-order chi connectivity index (χ0) is 13.2. The van der Waals surface area contributed by atoms with Crippen LogP contribution in [0.15, 0.2) is 41.5 Å². The van der Waals surface area contributed by atoms with E-state index in [1.54, 1.807) is 12.1 Å². The molecule has 0 spiro atoms. The van der Waals surface area contributed by atoms with Gasteiger partial charge < -0.3 is 5.11 Å². The van der Waals surface area contributed by atoms with Crippen LogP contribution in [0.1, 0.15) is 0 Å². The Labute approximate surface area is 107 Å². The fourth-order valence-corrected chi connectivity index (χ4v) is 1.89. The molecule has 1 aromatic carbocycles. The molecule has 0 amide bonds. The first kappa shape index (κ1) is 11.5. The molecule has 0 unspecified atom stereocenters. The summed E-state index contributed by atoms with van der Waals surface area (Å²) in [7, 11) is 0. The molecule has 3 rings (SSSR count). The second-order valence-electron chi connectivity index (χ2n) is 3.94. The maximum absolute atomic E-state index is 12.3. The number of aliphatic hydroxyl groups excluding tert-OH is 1. The summed E-state index contributed by atoms with van der Waals surface area (Å²) in [6.45, 7) is 0.162. The minimum atomic E-state index is -0.326. The third kappa shape index (κ3) is 1.89. The van der Waals surface area contributed by atoms with E-state index in [1.807, 2.05) is 18.2 Å². The smallest absolute Gasteiger partial charge is 0.302 e. The van der Waals surface area contributed by atoms with E-state index in [-0.39, 0.29) is 24.4 Å². The summed E-state index contributed by atoms with van der Waals surface area (Å²) in [5.41, 5.74) is 0.663. The minimum Gasteiger partial charge on any atom is -0.394 e. The number of rotatable bonds is 3. The lowest BCUT2D eigenvalue weighted by Crippen LogP contribution is -2.24. The van der Waals surface area contributed by atoms with E-state index in [1.165, 1.54) is 15.5 Å². The molecule has 0 radical (unpaired) electrons. The van der Waals surface area contributed by atoms with Gasteiger partial charge in [0.15, 0.2) is 5.69 Å². The van der Waals surface area contributed by atoms with Crippen LogP contribution in [0.25, 0.3) is 17.0 Å². The summed E-state index contributed by atoms with van der Waals surface area (Å²) < 4.78 is 2.65. The Morgan fingerprint density at radius 2 is 2.00 bits per heavy atom. The molecule has 0 atom stereocenters. The van der Waals surface area contributed by atoms with E-state index in [0.717, 1.165) is 0 Å². The van der Waals surface area contributed by atoms with Gasteiger partial charge in [-0.3, -0.25) is 4.79 Å². The lowest BCUT2D eigenvalue weighted by atomic mass is 10.2. The number of benzene rings is 1. The van der Waals surface area contributed by atoms with Crippen LogP contribution < -0.4 is 5.56 Å². The van der Waals surface area contributed by atoms with Gasteiger partial charge in [0.05, 0.1) is 13.2 Å². The summed E-state index contributed by atoms with van der Waals surface area (Å²) in [6, 6.07) is 9.13. The molecule has 0 aliphatic carbocycles. The highest BCUT2D eigenvalue weighted by Crippen LogP contribution is 2.11. The van der Waals surface area contributed by atoms with Gasteiger partial charge in [0, 0.05) is 5.56 Å². The molecular formula is C12H11N5O2. The van der Waals surface area contributed by atoms with Crippen LogP contribution in [0.2, 0.25) is 0 Å². The van der Waals surface area contributed by atoms with Gasteiger partial charge >= 0.3 is 5.56 Å². The van der Waals surface area contributed by atoms with E-state index in [9.17, 15) is 4.79 Å². The van der Waals surface area contributed by atoms with E-state index < -0.39 is 0 Å². The Hall–Kier alpha value is -2.54. The molecule has 19 heavy (non-hydrogen) atoms. The van der Waals surface area contributed by atoms with E-state index in [0.29, 0.717) is 11.3 Å². The predicted octanol–water partition coefficient (Wildman–Crippen LogP) is -0.0547. The van der Waals surface area contributed by atoms with Crippen LogP contribution in [0, 0.1) is 0 Å². The van der Waals surface area contributed by atoms with E-state index >= 15 is 0 Å². The van der Waals surface area contributed by atoms with Gasteiger partial charge in [-0.15, -0.1) is 5.10 Å².